The average Bonchev–Trinajstić information content (AvgIpc) is 3.14. The molecule has 0 saturated carbocycles. The summed E-state index contributed by atoms with van der Waals surface area (Å²) in [4.78, 5) is 41.2. The van der Waals surface area contributed by atoms with Gasteiger partial charge in [-0.1, -0.05) is 44.2 Å². The number of hydrogen-bond donors (Lipinski definition) is 2. The Labute approximate surface area is 215 Å². The molecule has 1 aromatic carbocycles. The highest BCUT2D eigenvalue weighted by Crippen LogP contribution is 2.31. The second-order valence-corrected chi connectivity index (χ2v) is 10.9. The summed E-state index contributed by atoms with van der Waals surface area (Å²) in [5.41, 5.74) is 0.369. The van der Waals surface area contributed by atoms with Crippen molar-refractivity contribution < 1.29 is 29.0 Å². The summed E-state index contributed by atoms with van der Waals surface area (Å²) >= 11 is 0. The van der Waals surface area contributed by atoms with Gasteiger partial charge in [-0.15, -0.1) is 0 Å². The standard InChI is InChI=1S/C27H43N3O6/c1-18(2)15-23(24(31)32)29-17-30(26(34)36-27(4,5)6)22(16-20-11-9-8-10-12-20)21(29)13-14-28-19(3)25(33)35-7/h8-12,18-19,21-23,28H,13-17H2,1-7H3,(H,31,32)/t19-,21-,22-,23-/m0/s1. The predicted molar refractivity (Wildman–Crippen MR) is 137 cm³/mol. The van der Waals surface area contributed by atoms with Crippen LogP contribution in [0.5, 0.6) is 0 Å². The molecule has 0 aromatic heterocycles. The zero-order valence-corrected chi connectivity index (χ0v) is 22.7. The van der Waals surface area contributed by atoms with E-state index < -0.39 is 29.7 Å². The largest absolute Gasteiger partial charge is 0.480 e. The molecule has 9 nitrogen and oxygen atoms in total. The molecule has 4 atom stereocenters. The zero-order valence-electron chi connectivity index (χ0n) is 22.7. The molecule has 0 radical (unpaired) electrons. The Morgan fingerprint density at radius 3 is 2.28 bits per heavy atom. The van der Waals surface area contributed by atoms with Crippen molar-refractivity contribution >= 4 is 18.0 Å². The van der Waals surface area contributed by atoms with E-state index in [9.17, 15) is 19.5 Å². The first kappa shape index (κ1) is 29.6. The topological polar surface area (TPSA) is 108 Å². The van der Waals surface area contributed by atoms with Crippen LogP contribution in [-0.2, 0) is 25.5 Å². The highest BCUT2D eigenvalue weighted by Gasteiger charge is 2.47. The van der Waals surface area contributed by atoms with Crippen molar-refractivity contribution in [3.05, 3.63) is 35.9 Å². The number of carbonyl (C=O) groups excluding carboxylic acids is 2. The number of methoxy groups -OCH3 is 1. The summed E-state index contributed by atoms with van der Waals surface area (Å²) in [5.74, 6) is -1.11. The van der Waals surface area contributed by atoms with Crippen molar-refractivity contribution in [1.82, 2.24) is 15.1 Å². The van der Waals surface area contributed by atoms with Gasteiger partial charge >= 0.3 is 18.0 Å². The molecule has 1 saturated heterocycles. The van der Waals surface area contributed by atoms with Gasteiger partial charge in [0.1, 0.15) is 17.7 Å². The van der Waals surface area contributed by atoms with Crippen LogP contribution in [-0.4, -0.2) is 83.0 Å². The maximum absolute atomic E-state index is 13.3. The van der Waals surface area contributed by atoms with E-state index in [1.807, 2.05) is 69.9 Å². The maximum Gasteiger partial charge on any atom is 0.411 e. The van der Waals surface area contributed by atoms with Gasteiger partial charge in [-0.2, -0.15) is 0 Å². The van der Waals surface area contributed by atoms with Gasteiger partial charge in [0, 0.05) is 6.04 Å². The zero-order chi connectivity index (χ0) is 27.0. The molecule has 2 N–H and O–H groups in total. The lowest BCUT2D eigenvalue weighted by Crippen LogP contribution is -2.49. The molecule has 0 aliphatic carbocycles. The molecular weight excluding hydrogens is 462 g/mol. The number of hydrogen-bond acceptors (Lipinski definition) is 7. The molecule has 202 valence electrons. The average molecular weight is 506 g/mol. The van der Waals surface area contributed by atoms with Crippen molar-refractivity contribution in [3.8, 4) is 0 Å². The van der Waals surface area contributed by atoms with Gasteiger partial charge in [0.2, 0.25) is 0 Å². The summed E-state index contributed by atoms with van der Waals surface area (Å²) < 4.78 is 10.5. The number of carboxylic acid groups (broad SMARTS) is 1. The van der Waals surface area contributed by atoms with Crippen LogP contribution in [0.1, 0.15) is 59.9 Å². The number of ether oxygens (including phenoxy) is 2. The van der Waals surface area contributed by atoms with Crippen LogP contribution in [0, 0.1) is 5.92 Å². The Kier molecular flexibility index (Phi) is 10.7. The Hall–Kier alpha value is -2.65. The summed E-state index contributed by atoms with van der Waals surface area (Å²) in [7, 11) is 1.34. The summed E-state index contributed by atoms with van der Waals surface area (Å²) in [6.07, 6.45) is 1.10. The molecule has 0 unspecified atom stereocenters. The van der Waals surface area contributed by atoms with E-state index in [-0.39, 0.29) is 30.6 Å². The second-order valence-electron chi connectivity index (χ2n) is 10.9. The molecular formula is C27H43N3O6. The van der Waals surface area contributed by atoms with Crippen molar-refractivity contribution in [2.24, 2.45) is 5.92 Å². The number of benzene rings is 1. The fourth-order valence-corrected chi connectivity index (χ4v) is 4.65. The van der Waals surface area contributed by atoms with E-state index in [0.717, 1.165) is 5.56 Å². The molecule has 1 aliphatic heterocycles. The first-order chi connectivity index (χ1) is 16.8. The van der Waals surface area contributed by atoms with Gasteiger partial charge in [-0.3, -0.25) is 19.4 Å². The van der Waals surface area contributed by atoms with Gasteiger partial charge in [0.15, 0.2) is 0 Å². The molecule has 1 fully saturated rings. The Morgan fingerprint density at radius 1 is 1.11 bits per heavy atom. The van der Waals surface area contributed by atoms with Gasteiger partial charge < -0.3 is 19.9 Å². The fourth-order valence-electron chi connectivity index (χ4n) is 4.65. The minimum Gasteiger partial charge on any atom is -0.480 e. The molecule has 9 heteroatoms. The second kappa shape index (κ2) is 13.1. The molecule has 1 amide bonds. The first-order valence-corrected chi connectivity index (χ1v) is 12.7. The van der Waals surface area contributed by atoms with Crippen molar-refractivity contribution in [2.75, 3.05) is 20.3 Å². The van der Waals surface area contributed by atoms with E-state index in [4.69, 9.17) is 9.47 Å². The van der Waals surface area contributed by atoms with Crippen LogP contribution >= 0.6 is 0 Å². The number of nitrogens with zero attached hydrogens (tertiary/aromatic N) is 2. The highest BCUT2D eigenvalue weighted by atomic mass is 16.6. The highest BCUT2D eigenvalue weighted by molar-refractivity contribution is 5.75. The molecule has 1 heterocycles. The summed E-state index contributed by atoms with van der Waals surface area (Å²) in [6, 6.07) is 8.06. The van der Waals surface area contributed by atoms with Gasteiger partial charge in [-0.05, 0) is 65.0 Å². The Bertz CT molecular complexity index is 870. The van der Waals surface area contributed by atoms with Gasteiger partial charge in [-0.25, -0.2) is 4.79 Å². The quantitative estimate of drug-likeness (QED) is 0.440. The molecule has 1 aromatic rings. The van der Waals surface area contributed by atoms with Crippen LogP contribution in [0.15, 0.2) is 30.3 Å². The van der Waals surface area contributed by atoms with E-state index in [1.165, 1.54) is 7.11 Å². The number of esters is 1. The Morgan fingerprint density at radius 2 is 1.75 bits per heavy atom. The third-order valence-electron chi connectivity index (χ3n) is 6.33. The monoisotopic (exact) mass is 505 g/mol. The van der Waals surface area contributed by atoms with Crippen LogP contribution < -0.4 is 5.32 Å². The van der Waals surface area contributed by atoms with Crippen molar-refractivity contribution in [2.45, 2.75) is 90.6 Å². The van der Waals surface area contributed by atoms with E-state index in [1.54, 1.807) is 11.8 Å². The van der Waals surface area contributed by atoms with Crippen LogP contribution in [0.25, 0.3) is 0 Å². The van der Waals surface area contributed by atoms with Crippen molar-refractivity contribution in [1.29, 1.82) is 0 Å². The number of amides is 1. The van der Waals surface area contributed by atoms with E-state index in [2.05, 4.69) is 5.32 Å². The van der Waals surface area contributed by atoms with Gasteiger partial charge in [0.25, 0.3) is 0 Å². The number of aliphatic carboxylic acids is 1. The lowest BCUT2D eigenvalue weighted by atomic mass is 9.94. The third-order valence-corrected chi connectivity index (χ3v) is 6.33. The van der Waals surface area contributed by atoms with E-state index >= 15 is 0 Å². The minimum absolute atomic E-state index is 0.160. The summed E-state index contributed by atoms with van der Waals surface area (Å²) in [5, 5.41) is 13.3. The summed E-state index contributed by atoms with van der Waals surface area (Å²) in [6.45, 7) is 11.8. The number of carboxylic acids is 1. The number of carbonyl (C=O) groups is 3. The number of nitrogens with one attached hydrogen (secondary N) is 1. The molecule has 1 aliphatic rings. The van der Waals surface area contributed by atoms with Crippen LogP contribution in [0.4, 0.5) is 4.79 Å². The van der Waals surface area contributed by atoms with Crippen LogP contribution in [0.2, 0.25) is 0 Å². The van der Waals surface area contributed by atoms with Gasteiger partial charge in [0.05, 0.1) is 19.8 Å². The van der Waals surface area contributed by atoms with Crippen LogP contribution in [0.3, 0.4) is 0 Å². The molecule has 0 spiro atoms. The fraction of sp³-hybridized carbons (Fsp3) is 0.667. The lowest BCUT2D eigenvalue weighted by molar-refractivity contribution is -0.144. The van der Waals surface area contributed by atoms with E-state index in [0.29, 0.717) is 25.8 Å². The SMILES string of the molecule is COC(=O)[C@H](C)NCC[C@H]1[C@H](Cc2ccccc2)N(C(=O)OC(C)(C)C)CN1[C@@H](CC(C)C)C(=O)O. The number of rotatable bonds is 11. The molecule has 36 heavy (non-hydrogen) atoms. The minimum atomic E-state index is -0.908. The van der Waals surface area contributed by atoms with Crippen molar-refractivity contribution in [3.63, 3.8) is 0 Å². The smallest absolute Gasteiger partial charge is 0.411 e. The molecule has 0 bridgehead atoms. The normalized spacial score (nSPS) is 20.3. The first-order valence-electron chi connectivity index (χ1n) is 12.7. The molecule has 2 rings (SSSR count). The maximum atomic E-state index is 13.3. The Balaban J connectivity index is 2.42. The predicted octanol–water partition coefficient (Wildman–Crippen LogP) is 3.52. The lowest BCUT2D eigenvalue weighted by Gasteiger charge is -2.32. The third kappa shape index (κ3) is 8.48.